The second-order valence-corrected chi connectivity index (χ2v) is 5.27. The van der Waals surface area contributed by atoms with Crippen molar-refractivity contribution < 1.29 is 0 Å². The van der Waals surface area contributed by atoms with Crippen molar-refractivity contribution >= 4 is 0 Å². The molecule has 1 rings (SSSR count). The van der Waals surface area contributed by atoms with Gasteiger partial charge in [0.25, 0.3) is 0 Å². The van der Waals surface area contributed by atoms with Crippen LogP contribution in [-0.2, 0) is 18.5 Å². The van der Waals surface area contributed by atoms with Crippen LogP contribution in [0.2, 0.25) is 0 Å². The number of unbranched alkanes of at least 4 members (excludes halogenated alkanes) is 2. The van der Waals surface area contributed by atoms with Gasteiger partial charge in [-0.15, -0.1) is 5.10 Å². The monoisotopic (exact) mass is 224 g/mol. The van der Waals surface area contributed by atoms with Gasteiger partial charge in [-0.05, 0) is 6.42 Å². The van der Waals surface area contributed by atoms with Gasteiger partial charge in [0.05, 0.1) is 11.4 Å². The summed E-state index contributed by atoms with van der Waals surface area (Å²) >= 11 is 0. The Kier molecular flexibility index (Phi) is 4.47. The molecule has 0 aliphatic rings. The van der Waals surface area contributed by atoms with Crippen molar-refractivity contribution in [2.45, 2.75) is 65.5 Å². The first-order chi connectivity index (χ1) is 7.50. The number of rotatable bonds is 5. The average molecular weight is 224 g/mol. The van der Waals surface area contributed by atoms with E-state index >= 15 is 0 Å². The molecule has 4 heteroatoms. The molecule has 0 radical (unpaired) electrons. The first kappa shape index (κ1) is 13.2. The molecule has 0 amide bonds. The molecule has 16 heavy (non-hydrogen) atoms. The number of nitrogens with two attached hydrogens (primary N) is 1. The van der Waals surface area contributed by atoms with Gasteiger partial charge in [-0.2, -0.15) is 0 Å². The van der Waals surface area contributed by atoms with Crippen molar-refractivity contribution in [3.05, 3.63) is 11.4 Å². The summed E-state index contributed by atoms with van der Waals surface area (Å²) in [6.07, 6.45) is 3.62. The van der Waals surface area contributed by atoms with Crippen LogP contribution >= 0.6 is 0 Å². The van der Waals surface area contributed by atoms with Crippen LogP contribution < -0.4 is 5.73 Å². The van der Waals surface area contributed by atoms with Crippen LogP contribution in [0.5, 0.6) is 0 Å². The molecule has 0 saturated heterocycles. The molecular formula is C12H24N4. The maximum absolute atomic E-state index is 5.70. The van der Waals surface area contributed by atoms with Crippen molar-refractivity contribution in [1.82, 2.24) is 15.0 Å². The zero-order valence-corrected chi connectivity index (χ0v) is 11.0. The Morgan fingerprint density at radius 1 is 1.25 bits per heavy atom. The van der Waals surface area contributed by atoms with Gasteiger partial charge >= 0.3 is 0 Å². The lowest BCUT2D eigenvalue weighted by Crippen LogP contribution is -2.21. The minimum absolute atomic E-state index is 0.0599. The Hall–Kier alpha value is -0.900. The van der Waals surface area contributed by atoms with E-state index in [0.717, 1.165) is 18.7 Å². The predicted octanol–water partition coefficient (Wildman–Crippen LogP) is 2.22. The van der Waals surface area contributed by atoms with Crippen molar-refractivity contribution in [2.24, 2.45) is 5.73 Å². The lowest BCUT2D eigenvalue weighted by molar-refractivity contribution is 0.460. The maximum Gasteiger partial charge on any atom is 0.1000 e. The van der Waals surface area contributed by atoms with Crippen LogP contribution in [-0.4, -0.2) is 15.0 Å². The fourth-order valence-corrected chi connectivity index (χ4v) is 1.97. The summed E-state index contributed by atoms with van der Waals surface area (Å²) in [6.45, 7) is 10.2. The molecule has 0 aromatic carbocycles. The van der Waals surface area contributed by atoms with E-state index in [4.69, 9.17) is 5.73 Å². The fraction of sp³-hybridized carbons (Fsp3) is 0.833. The van der Waals surface area contributed by atoms with Crippen LogP contribution in [0, 0.1) is 0 Å². The van der Waals surface area contributed by atoms with E-state index in [2.05, 4.69) is 38.0 Å². The molecule has 0 spiro atoms. The minimum Gasteiger partial charge on any atom is -0.325 e. The van der Waals surface area contributed by atoms with Crippen LogP contribution in [0.3, 0.4) is 0 Å². The Balaban J connectivity index is 2.88. The summed E-state index contributed by atoms with van der Waals surface area (Å²) in [6, 6.07) is 0. The van der Waals surface area contributed by atoms with Crippen molar-refractivity contribution in [2.75, 3.05) is 0 Å². The summed E-state index contributed by atoms with van der Waals surface area (Å²) in [5.41, 5.74) is 7.88. The van der Waals surface area contributed by atoms with E-state index in [9.17, 15) is 0 Å². The highest BCUT2D eigenvalue weighted by molar-refractivity contribution is 5.19. The summed E-state index contributed by atoms with van der Waals surface area (Å²) < 4.78 is 2.03. The quantitative estimate of drug-likeness (QED) is 0.780. The molecule has 0 aliphatic heterocycles. The summed E-state index contributed by atoms with van der Waals surface area (Å²) in [7, 11) is 0. The predicted molar refractivity (Wildman–Crippen MR) is 66.1 cm³/mol. The van der Waals surface area contributed by atoms with Crippen LogP contribution in [0.4, 0.5) is 0 Å². The van der Waals surface area contributed by atoms with Crippen molar-refractivity contribution in [3.63, 3.8) is 0 Å². The first-order valence-electron chi connectivity index (χ1n) is 6.13. The molecule has 2 N–H and O–H groups in total. The van der Waals surface area contributed by atoms with Gasteiger partial charge in [0.2, 0.25) is 0 Å². The van der Waals surface area contributed by atoms with Gasteiger partial charge in [0.15, 0.2) is 0 Å². The summed E-state index contributed by atoms with van der Waals surface area (Å²) in [4.78, 5) is 0. The molecule has 0 fully saturated rings. The second kappa shape index (κ2) is 5.43. The topological polar surface area (TPSA) is 56.7 Å². The molecule has 0 aliphatic carbocycles. The SMILES string of the molecule is CCCCCn1nnc(CN)c1C(C)(C)C. The number of hydrogen-bond donors (Lipinski definition) is 1. The summed E-state index contributed by atoms with van der Waals surface area (Å²) in [5.74, 6) is 0. The van der Waals surface area contributed by atoms with E-state index in [1.54, 1.807) is 0 Å². The van der Waals surface area contributed by atoms with Crippen molar-refractivity contribution in [1.29, 1.82) is 0 Å². The number of nitrogens with zero attached hydrogens (tertiary/aromatic N) is 3. The Bertz CT molecular complexity index is 322. The van der Waals surface area contributed by atoms with Crippen LogP contribution in [0.1, 0.15) is 58.3 Å². The molecule has 0 saturated carbocycles. The smallest absolute Gasteiger partial charge is 0.1000 e. The van der Waals surface area contributed by atoms with E-state index in [1.165, 1.54) is 18.5 Å². The molecule has 4 nitrogen and oxygen atoms in total. The Labute approximate surface area is 98.2 Å². The van der Waals surface area contributed by atoms with Gasteiger partial charge in [-0.25, -0.2) is 4.68 Å². The highest BCUT2D eigenvalue weighted by Crippen LogP contribution is 2.24. The molecule has 1 aromatic rings. The molecule has 0 bridgehead atoms. The molecule has 0 atom stereocenters. The number of aromatic nitrogens is 3. The highest BCUT2D eigenvalue weighted by atomic mass is 15.4. The fourth-order valence-electron chi connectivity index (χ4n) is 1.97. The molecule has 92 valence electrons. The van der Waals surface area contributed by atoms with Crippen LogP contribution in [0.15, 0.2) is 0 Å². The molecule has 1 heterocycles. The van der Waals surface area contributed by atoms with E-state index < -0.39 is 0 Å². The molecular weight excluding hydrogens is 200 g/mol. The van der Waals surface area contributed by atoms with Gasteiger partial charge in [-0.3, -0.25) is 0 Å². The summed E-state index contributed by atoms with van der Waals surface area (Å²) in [5, 5.41) is 8.38. The number of hydrogen-bond acceptors (Lipinski definition) is 3. The lowest BCUT2D eigenvalue weighted by atomic mass is 9.90. The van der Waals surface area contributed by atoms with E-state index in [0.29, 0.717) is 6.54 Å². The zero-order chi connectivity index (χ0) is 12.2. The van der Waals surface area contributed by atoms with Gasteiger partial charge in [-0.1, -0.05) is 45.7 Å². The van der Waals surface area contributed by atoms with Crippen molar-refractivity contribution in [3.8, 4) is 0 Å². The minimum atomic E-state index is 0.0599. The number of aryl methyl sites for hydroxylation is 1. The Morgan fingerprint density at radius 2 is 1.94 bits per heavy atom. The van der Waals surface area contributed by atoms with Gasteiger partial charge in [0, 0.05) is 18.5 Å². The standard InChI is InChI=1S/C12H24N4/c1-5-6-7-8-16-11(12(2,3)4)10(9-13)14-15-16/h5-9,13H2,1-4H3. The van der Waals surface area contributed by atoms with Gasteiger partial charge in [0.1, 0.15) is 0 Å². The molecule has 0 unspecified atom stereocenters. The average Bonchev–Trinajstić information content (AvgIpc) is 2.61. The molecule has 1 aromatic heterocycles. The first-order valence-corrected chi connectivity index (χ1v) is 6.13. The third-order valence-corrected chi connectivity index (χ3v) is 2.68. The maximum atomic E-state index is 5.70. The normalized spacial score (nSPS) is 12.1. The lowest BCUT2D eigenvalue weighted by Gasteiger charge is -2.21. The largest absolute Gasteiger partial charge is 0.325 e. The van der Waals surface area contributed by atoms with Gasteiger partial charge < -0.3 is 5.73 Å². The third-order valence-electron chi connectivity index (χ3n) is 2.68. The van der Waals surface area contributed by atoms with Crippen LogP contribution in [0.25, 0.3) is 0 Å². The zero-order valence-electron chi connectivity index (χ0n) is 11.0. The Morgan fingerprint density at radius 3 is 2.44 bits per heavy atom. The van der Waals surface area contributed by atoms with E-state index in [1.807, 2.05) is 4.68 Å². The van der Waals surface area contributed by atoms with E-state index in [-0.39, 0.29) is 5.41 Å². The highest BCUT2D eigenvalue weighted by Gasteiger charge is 2.24. The third kappa shape index (κ3) is 3.04. The second-order valence-electron chi connectivity index (χ2n) is 5.27.